The molecule has 0 saturated carbocycles. The van der Waals surface area contributed by atoms with Crippen molar-refractivity contribution in [2.75, 3.05) is 6.54 Å². The van der Waals surface area contributed by atoms with Crippen LogP contribution in [0.25, 0.3) is 11.0 Å². The molecule has 7 nitrogen and oxygen atoms in total. The Labute approximate surface area is 150 Å². The number of benzene rings is 2. The number of aromatic nitrogens is 2. The topological polar surface area (TPSA) is 90.2 Å². The summed E-state index contributed by atoms with van der Waals surface area (Å²) in [5.41, 5.74) is 1.80. The monoisotopic (exact) mass is 373 g/mol. The average molecular weight is 373 g/mol. The molecule has 0 amide bonds. The number of nitrogens with zero attached hydrogens (tertiary/aromatic N) is 2. The van der Waals surface area contributed by atoms with Gasteiger partial charge in [0, 0.05) is 25.7 Å². The maximum atomic E-state index is 12.4. The molecular weight excluding hydrogens is 354 g/mol. The van der Waals surface area contributed by atoms with Gasteiger partial charge in [0.05, 0.1) is 15.9 Å². The second kappa shape index (κ2) is 6.89. The smallest absolute Gasteiger partial charge is 0.295 e. The van der Waals surface area contributed by atoms with E-state index in [1.807, 2.05) is 24.3 Å². The van der Waals surface area contributed by atoms with Gasteiger partial charge in [-0.1, -0.05) is 24.3 Å². The van der Waals surface area contributed by atoms with E-state index in [1.165, 1.54) is 40.3 Å². The van der Waals surface area contributed by atoms with Crippen molar-refractivity contribution < 1.29 is 13.2 Å². The molecule has 0 aliphatic carbocycles. The van der Waals surface area contributed by atoms with Gasteiger partial charge in [-0.25, -0.2) is 17.9 Å². The number of Topliss-reactive ketones (excluding diaryl/α,β-unsaturated/α-hetero) is 1. The molecule has 0 aliphatic rings. The molecule has 0 aliphatic heterocycles. The Morgan fingerprint density at radius 3 is 2.27 bits per heavy atom. The Kier molecular flexibility index (Phi) is 4.80. The molecular formula is C18H19N3O4S. The van der Waals surface area contributed by atoms with Crippen LogP contribution in [0.3, 0.4) is 0 Å². The lowest BCUT2D eigenvalue weighted by molar-refractivity contribution is 0.101. The number of sulfonamides is 1. The van der Waals surface area contributed by atoms with E-state index < -0.39 is 10.0 Å². The van der Waals surface area contributed by atoms with E-state index in [9.17, 15) is 18.0 Å². The first-order valence-corrected chi connectivity index (χ1v) is 9.54. The largest absolute Gasteiger partial charge is 0.328 e. The summed E-state index contributed by atoms with van der Waals surface area (Å²) in [5, 5.41) is 0. The summed E-state index contributed by atoms with van der Waals surface area (Å²) in [6.07, 6.45) is 0. The Morgan fingerprint density at radius 1 is 1.04 bits per heavy atom. The van der Waals surface area contributed by atoms with Gasteiger partial charge < -0.3 is 0 Å². The van der Waals surface area contributed by atoms with Crippen molar-refractivity contribution >= 4 is 26.8 Å². The lowest BCUT2D eigenvalue weighted by Crippen LogP contribution is -2.31. The third-order valence-electron chi connectivity index (χ3n) is 4.25. The van der Waals surface area contributed by atoms with Gasteiger partial charge in [0.15, 0.2) is 5.78 Å². The summed E-state index contributed by atoms with van der Waals surface area (Å²) >= 11 is 0. The van der Waals surface area contributed by atoms with Crippen molar-refractivity contribution in [2.45, 2.75) is 18.4 Å². The number of fused-ring (bicyclic) bond motifs is 1. The second-order valence-corrected chi connectivity index (χ2v) is 7.73. The van der Waals surface area contributed by atoms with Crippen LogP contribution in [0.5, 0.6) is 0 Å². The lowest BCUT2D eigenvalue weighted by Gasteiger charge is -2.08. The fraction of sp³-hybridized carbons (Fsp3) is 0.222. The van der Waals surface area contributed by atoms with Crippen molar-refractivity contribution in [3.63, 3.8) is 0 Å². The number of nitrogens with one attached hydrogen (secondary N) is 1. The fourth-order valence-electron chi connectivity index (χ4n) is 2.82. The molecule has 0 atom stereocenters. The predicted molar refractivity (Wildman–Crippen MR) is 98.8 cm³/mol. The third-order valence-corrected chi connectivity index (χ3v) is 5.73. The molecule has 0 spiro atoms. The third kappa shape index (κ3) is 3.33. The van der Waals surface area contributed by atoms with Gasteiger partial charge in [-0.15, -0.1) is 0 Å². The van der Waals surface area contributed by atoms with Crippen molar-refractivity contribution in [2.24, 2.45) is 7.05 Å². The highest BCUT2D eigenvalue weighted by molar-refractivity contribution is 7.89. The number of imidazole rings is 1. The van der Waals surface area contributed by atoms with E-state index in [1.54, 1.807) is 7.05 Å². The molecule has 136 valence electrons. The van der Waals surface area contributed by atoms with Gasteiger partial charge >= 0.3 is 5.69 Å². The maximum Gasteiger partial charge on any atom is 0.328 e. The number of carbonyl (C=O) groups excluding carboxylic acids is 1. The van der Waals surface area contributed by atoms with Crippen LogP contribution < -0.4 is 10.4 Å². The molecule has 26 heavy (non-hydrogen) atoms. The zero-order chi connectivity index (χ0) is 18.9. The van der Waals surface area contributed by atoms with Crippen LogP contribution in [0.2, 0.25) is 0 Å². The first kappa shape index (κ1) is 18.1. The molecule has 0 unspecified atom stereocenters. The van der Waals surface area contributed by atoms with Crippen LogP contribution in [0.4, 0.5) is 0 Å². The van der Waals surface area contributed by atoms with Gasteiger partial charge in [-0.3, -0.25) is 13.9 Å². The Bertz CT molecular complexity index is 1130. The molecule has 0 bridgehead atoms. The second-order valence-electron chi connectivity index (χ2n) is 5.96. The minimum atomic E-state index is -3.72. The summed E-state index contributed by atoms with van der Waals surface area (Å²) in [6, 6.07) is 13.1. The number of aryl methyl sites for hydroxylation is 1. The van der Waals surface area contributed by atoms with E-state index >= 15 is 0 Å². The summed E-state index contributed by atoms with van der Waals surface area (Å²) in [7, 11) is -2.03. The number of carbonyl (C=O) groups is 1. The first-order valence-electron chi connectivity index (χ1n) is 8.06. The van der Waals surface area contributed by atoms with Crippen LogP contribution >= 0.6 is 0 Å². The number of para-hydroxylation sites is 2. The fourth-order valence-corrected chi connectivity index (χ4v) is 3.84. The van der Waals surface area contributed by atoms with Crippen LogP contribution in [0, 0.1) is 0 Å². The minimum absolute atomic E-state index is 0.0741. The van der Waals surface area contributed by atoms with E-state index in [0.29, 0.717) is 5.56 Å². The minimum Gasteiger partial charge on any atom is -0.295 e. The zero-order valence-electron chi connectivity index (χ0n) is 14.5. The SMILES string of the molecule is CC(=O)c1ccc(S(=O)(=O)NCCn2c(=O)n(C)c3ccccc32)cc1. The van der Waals surface area contributed by atoms with E-state index in [-0.39, 0.29) is 29.5 Å². The molecule has 3 rings (SSSR count). The van der Waals surface area contributed by atoms with Crippen LogP contribution in [0.1, 0.15) is 17.3 Å². The Hall–Kier alpha value is -2.71. The molecule has 0 fully saturated rings. The van der Waals surface area contributed by atoms with Gasteiger partial charge in [-0.2, -0.15) is 0 Å². The van der Waals surface area contributed by atoms with Gasteiger partial charge in [0.2, 0.25) is 10.0 Å². The normalized spacial score (nSPS) is 11.8. The maximum absolute atomic E-state index is 12.4. The highest BCUT2D eigenvalue weighted by atomic mass is 32.2. The van der Waals surface area contributed by atoms with E-state index in [0.717, 1.165) is 11.0 Å². The van der Waals surface area contributed by atoms with Crippen molar-refractivity contribution in [1.29, 1.82) is 0 Å². The highest BCUT2D eigenvalue weighted by Gasteiger charge is 2.15. The predicted octanol–water partition coefficient (Wildman–Crippen LogP) is 1.52. The standard InChI is InChI=1S/C18H19N3O4S/c1-13(22)14-7-9-15(10-8-14)26(24,25)19-11-12-21-17-6-4-3-5-16(17)20(2)18(21)23/h3-10,19H,11-12H2,1-2H3. The number of ketones is 1. The molecule has 3 aromatic rings. The van der Waals surface area contributed by atoms with Gasteiger partial charge in [0.25, 0.3) is 0 Å². The van der Waals surface area contributed by atoms with Crippen molar-refractivity contribution in [3.05, 3.63) is 64.6 Å². The molecule has 0 radical (unpaired) electrons. The summed E-state index contributed by atoms with van der Waals surface area (Å²) in [4.78, 5) is 23.7. The lowest BCUT2D eigenvalue weighted by atomic mass is 10.2. The van der Waals surface area contributed by atoms with E-state index in [4.69, 9.17) is 0 Å². The quantitative estimate of drug-likeness (QED) is 0.664. The Balaban J connectivity index is 1.76. The molecule has 1 N–H and O–H groups in total. The average Bonchev–Trinajstić information content (AvgIpc) is 2.87. The first-order chi connectivity index (χ1) is 12.3. The van der Waals surface area contributed by atoms with Crippen molar-refractivity contribution in [3.8, 4) is 0 Å². The van der Waals surface area contributed by atoms with E-state index in [2.05, 4.69) is 4.72 Å². The molecule has 1 aromatic heterocycles. The number of hydrogen-bond donors (Lipinski definition) is 1. The number of rotatable bonds is 6. The van der Waals surface area contributed by atoms with Crippen molar-refractivity contribution in [1.82, 2.24) is 13.9 Å². The highest BCUT2D eigenvalue weighted by Crippen LogP contribution is 2.12. The molecule has 1 heterocycles. The summed E-state index contributed by atoms with van der Waals surface area (Å²) < 4.78 is 30.3. The van der Waals surface area contributed by atoms with Crippen LogP contribution in [-0.2, 0) is 23.6 Å². The zero-order valence-corrected chi connectivity index (χ0v) is 15.3. The van der Waals surface area contributed by atoms with Crippen LogP contribution in [0.15, 0.2) is 58.2 Å². The molecule has 8 heteroatoms. The van der Waals surface area contributed by atoms with Gasteiger partial charge in [-0.05, 0) is 31.2 Å². The van der Waals surface area contributed by atoms with Crippen LogP contribution in [-0.4, -0.2) is 29.9 Å². The Morgan fingerprint density at radius 2 is 1.65 bits per heavy atom. The molecule has 2 aromatic carbocycles. The summed E-state index contributed by atoms with van der Waals surface area (Å²) in [5.74, 6) is -0.128. The molecule has 0 saturated heterocycles. The number of hydrogen-bond acceptors (Lipinski definition) is 4. The summed E-state index contributed by atoms with van der Waals surface area (Å²) in [6.45, 7) is 1.71. The van der Waals surface area contributed by atoms with Gasteiger partial charge in [0.1, 0.15) is 0 Å².